The smallest absolute Gasteiger partial charge is 0.427 e. The van der Waals surface area contributed by atoms with E-state index in [1.165, 1.54) is 12.1 Å². The number of nitrogens with zero attached hydrogens (tertiary/aromatic N) is 1. The minimum absolute atomic E-state index is 0. The van der Waals surface area contributed by atoms with E-state index in [0.29, 0.717) is 5.92 Å². The molecule has 5 nitrogen and oxygen atoms in total. The van der Waals surface area contributed by atoms with Crippen LogP contribution in [0.1, 0.15) is 38.2 Å². The van der Waals surface area contributed by atoms with Crippen LogP contribution in [0.2, 0.25) is 0 Å². The molecule has 1 aromatic rings. The van der Waals surface area contributed by atoms with E-state index < -0.39 is 16.1 Å². The molecule has 0 saturated heterocycles. The fourth-order valence-corrected chi connectivity index (χ4v) is 3.35. The van der Waals surface area contributed by atoms with Crippen LogP contribution in [0.4, 0.5) is 4.79 Å². The number of sulfonamides is 1. The van der Waals surface area contributed by atoms with Gasteiger partial charge in [0.25, 0.3) is 0 Å². The molecule has 7 heteroatoms. The normalized spacial score (nSPS) is 21.5. The maximum absolute atomic E-state index is 12.1. The summed E-state index contributed by atoms with van der Waals surface area (Å²) < 4.78 is 26.1. The third kappa shape index (κ3) is 5.57. The zero-order chi connectivity index (χ0) is 15.5. The summed E-state index contributed by atoms with van der Waals surface area (Å²) in [5.74, 6) is 0.663. The van der Waals surface area contributed by atoms with Crippen molar-refractivity contribution in [2.45, 2.75) is 50.5 Å². The molecule has 0 aromatic heterocycles. The molecule has 0 heterocycles. The van der Waals surface area contributed by atoms with E-state index in [-0.39, 0.29) is 40.5 Å². The quantitative estimate of drug-likeness (QED) is 0.812. The van der Waals surface area contributed by atoms with Crippen LogP contribution in [0, 0.1) is 12.8 Å². The van der Waals surface area contributed by atoms with Gasteiger partial charge >= 0.3 is 29.6 Å². The van der Waals surface area contributed by atoms with Gasteiger partial charge < -0.3 is 10.0 Å². The predicted molar refractivity (Wildman–Crippen MR) is 81.7 cm³/mol. The predicted octanol–water partition coefficient (Wildman–Crippen LogP) is 0.350. The number of nitrogens with one attached hydrogen (secondary N) is 1. The van der Waals surface area contributed by atoms with Crippen LogP contribution in [0.3, 0.4) is 0 Å². The summed E-state index contributed by atoms with van der Waals surface area (Å²) >= 11 is 0. The Bertz CT molecular complexity index is 594. The van der Waals surface area contributed by atoms with E-state index >= 15 is 0 Å². The van der Waals surface area contributed by atoms with Crippen molar-refractivity contribution in [3.63, 3.8) is 0 Å². The van der Waals surface area contributed by atoms with Crippen molar-refractivity contribution in [1.29, 1.82) is 0 Å². The van der Waals surface area contributed by atoms with Crippen molar-refractivity contribution in [2.24, 2.45) is 5.92 Å². The van der Waals surface area contributed by atoms with E-state index in [9.17, 15) is 13.2 Å². The Labute approximate surface area is 154 Å². The average molecular weight is 332 g/mol. The molecular weight excluding hydrogens is 311 g/mol. The Morgan fingerprint density at radius 1 is 1.14 bits per heavy atom. The van der Waals surface area contributed by atoms with Crippen LogP contribution in [-0.2, 0) is 10.0 Å². The molecule has 0 unspecified atom stereocenters. The molecule has 0 aliphatic heterocycles. The van der Waals surface area contributed by atoms with Crippen molar-refractivity contribution >= 4 is 16.1 Å². The topological polar surface area (TPSA) is 77.3 Å². The van der Waals surface area contributed by atoms with E-state index in [4.69, 9.17) is 0 Å². The summed E-state index contributed by atoms with van der Waals surface area (Å²) in [4.78, 5) is 11.9. The number of carbonyl (C=O) groups excluding carboxylic acids is 1. The first-order valence-corrected chi connectivity index (χ1v) is 8.69. The van der Waals surface area contributed by atoms with Crippen molar-refractivity contribution < 1.29 is 42.8 Å². The van der Waals surface area contributed by atoms with E-state index in [1.807, 2.05) is 11.6 Å². The average Bonchev–Trinajstić information content (AvgIpc) is 2.41. The summed E-state index contributed by atoms with van der Waals surface area (Å²) in [6.07, 6.45) is 3.76. The minimum atomic E-state index is -3.83. The molecule has 0 spiro atoms. The Hall–Kier alpha value is -0.560. The zero-order valence-electron chi connectivity index (χ0n) is 13.4. The molecule has 2 rings (SSSR count). The fourth-order valence-electron chi connectivity index (χ4n) is 2.46. The molecule has 116 valence electrons. The van der Waals surface area contributed by atoms with Crippen molar-refractivity contribution in [3.8, 4) is 0 Å². The van der Waals surface area contributed by atoms with Crippen LogP contribution in [-0.4, -0.2) is 20.5 Å². The van der Waals surface area contributed by atoms with Crippen molar-refractivity contribution in [2.75, 3.05) is 0 Å². The van der Waals surface area contributed by atoms with Gasteiger partial charge in [0, 0.05) is 0 Å². The standard InChI is InChI=1S/C15H22N2O3S.Na/c1-11-3-7-13(8-4-11)16-15(18)17-21(19,20)14-9-5-12(2)6-10-14;/h5-6,9-11,13H,3-4,7-8H2,1-2H3,(H2,16,17,18);/q;+1/p-1. The van der Waals surface area contributed by atoms with Gasteiger partial charge in [-0.3, -0.25) is 4.79 Å². The summed E-state index contributed by atoms with van der Waals surface area (Å²) in [7, 11) is -3.83. The van der Waals surface area contributed by atoms with E-state index in [1.54, 1.807) is 12.1 Å². The first-order chi connectivity index (χ1) is 9.87. The van der Waals surface area contributed by atoms with Gasteiger partial charge in [0.15, 0.2) is 6.03 Å². The Morgan fingerprint density at radius 2 is 1.68 bits per heavy atom. The third-order valence-corrected chi connectivity index (χ3v) is 5.17. The minimum Gasteiger partial charge on any atom is -0.427 e. The summed E-state index contributed by atoms with van der Waals surface area (Å²) in [5, 5.41) is 3.97. The summed E-state index contributed by atoms with van der Waals surface area (Å²) in [5.41, 5.74) is 0.960. The number of hydrogen-bond acceptors (Lipinski definition) is 3. The zero-order valence-corrected chi connectivity index (χ0v) is 16.2. The molecular formula is C15H21N2NaO3S. The summed E-state index contributed by atoms with van der Waals surface area (Å²) in [6.45, 7) is 4.05. The van der Waals surface area contributed by atoms with Crippen molar-refractivity contribution in [3.05, 3.63) is 35.1 Å². The second kappa shape index (κ2) is 8.34. The van der Waals surface area contributed by atoms with Crippen LogP contribution < -0.4 is 34.3 Å². The van der Waals surface area contributed by atoms with Gasteiger partial charge in [0.05, 0.1) is 4.90 Å². The van der Waals surface area contributed by atoms with Gasteiger partial charge in [0.1, 0.15) is 0 Å². The monoisotopic (exact) mass is 332 g/mol. The number of hydrogen-bond donors (Lipinski definition) is 1. The first-order valence-electron chi connectivity index (χ1n) is 7.21. The molecule has 0 atom stereocenters. The molecule has 1 fully saturated rings. The molecule has 0 radical (unpaired) electrons. The molecule has 1 aromatic carbocycles. The largest absolute Gasteiger partial charge is 1.00 e. The van der Waals surface area contributed by atoms with Gasteiger partial charge in [-0.2, -0.15) is 0 Å². The fraction of sp³-hybridized carbons (Fsp3) is 0.533. The number of rotatable bonds is 3. The Kier molecular flexibility index (Phi) is 7.38. The van der Waals surface area contributed by atoms with Crippen LogP contribution in [0.5, 0.6) is 0 Å². The van der Waals surface area contributed by atoms with Crippen molar-refractivity contribution in [1.82, 2.24) is 4.72 Å². The molecule has 1 N–H and O–H groups in total. The Morgan fingerprint density at radius 3 is 2.23 bits per heavy atom. The first kappa shape index (κ1) is 19.5. The van der Waals surface area contributed by atoms with Gasteiger partial charge in [0.2, 0.25) is 10.0 Å². The number of carbonyl (C=O) groups is 1. The summed E-state index contributed by atoms with van der Waals surface area (Å²) in [6, 6.07) is 5.52. The van der Waals surface area contributed by atoms with Crippen LogP contribution in [0.15, 0.2) is 29.2 Å². The maximum Gasteiger partial charge on any atom is 1.00 e. The maximum atomic E-state index is 12.1. The van der Waals surface area contributed by atoms with Crippen LogP contribution >= 0.6 is 0 Å². The number of amides is 2. The SMILES string of the molecule is Cc1ccc(S(=O)(=O)NC(=O)[N-]C2CCC(C)CC2)cc1.[Na+]. The molecule has 1 aliphatic carbocycles. The molecule has 2 amide bonds. The van der Waals surface area contributed by atoms with E-state index in [2.05, 4.69) is 12.2 Å². The molecule has 22 heavy (non-hydrogen) atoms. The van der Waals surface area contributed by atoms with Gasteiger partial charge in [-0.05, 0) is 31.0 Å². The number of aryl methyl sites for hydroxylation is 1. The number of benzene rings is 1. The van der Waals surface area contributed by atoms with Crippen LogP contribution in [0.25, 0.3) is 5.32 Å². The Balaban J connectivity index is 0.00000242. The third-order valence-electron chi connectivity index (χ3n) is 3.84. The second-order valence-electron chi connectivity index (χ2n) is 5.77. The molecule has 1 aliphatic rings. The van der Waals surface area contributed by atoms with E-state index in [0.717, 1.165) is 31.2 Å². The number of urea groups is 1. The molecule has 1 saturated carbocycles. The molecule has 0 bridgehead atoms. The van der Waals surface area contributed by atoms with Gasteiger partial charge in [-0.15, -0.1) is 0 Å². The second-order valence-corrected chi connectivity index (χ2v) is 7.45. The van der Waals surface area contributed by atoms with Gasteiger partial charge in [-0.1, -0.05) is 50.3 Å². The van der Waals surface area contributed by atoms with Gasteiger partial charge in [-0.25, -0.2) is 8.42 Å².